The third kappa shape index (κ3) is 2.06. The average molecular weight is 308 g/mol. The van der Waals surface area contributed by atoms with E-state index in [0.29, 0.717) is 6.04 Å². The van der Waals surface area contributed by atoms with E-state index in [4.69, 9.17) is 0 Å². The highest BCUT2D eigenvalue weighted by molar-refractivity contribution is 9.10. The molecule has 3 heterocycles. The molecule has 3 rings (SSSR count). The van der Waals surface area contributed by atoms with Gasteiger partial charge in [-0.2, -0.15) is 0 Å². The van der Waals surface area contributed by atoms with E-state index >= 15 is 0 Å². The van der Waals surface area contributed by atoms with Crippen molar-refractivity contribution in [1.29, 1.82) is 0 Å². The lowest BCUT2D eigenvalue weighted by molar-refractivity contribution is 0.537. The number of hydrogen-bond donors (Lipinski definition) is 1. The zero-order valence-corrected chi connectivity index (χ0v) is 11.7. The summed E-state index contributed by atoms with van der Waals surface area (Å²) in [5.41, 5.74) is 0.997. The highest BCUT2D eigenvalue weighted by Gasteiger charge is 2.22. The van der Waals surface area contributed by atoms with Crippen LogP contribution in [0.15, 0.2) is 22.9 Å². The number of aromatic nitrogens is 4. The lowest BCUT2D eigenvalue weighted by Crippen LogP contribution is -2.15. The van der Waals surface area contributed by atoms with Crippen molar-refractivity contribution in [3.8, 4) is 11.4 Å². The molecule has 0 spiro atoms. The summed E-state index contributed by atoms with van der Waals surface area (Å²) in [5.74, 6) is 1.86. The summed E-state index contributed by atoms with van der Waals surface area (Å²) in [6.07, 6.45) is 4.72. The van der Waals surface area contributed by atoms with Gasteiger partial charge >= 0.3 is 0 Å². The number of aryl methyl sites for hydroxylation is 1. The Labute approximate surface area is 114 Å². The van der Waals surface area contributed by atoms with Crippen LogP contribution in [-0.4, -0.2) is 32.8 Å². The predicted molar refractivity (Wildman–Crippen MR) is 72.2 cm³/mol. The van der Waals surface area contributed by atoms with Gasteiger partial charge in [-0.15, -0.1) is 10.2 Å². The fourth-order valence-corrected chi connectivity index (χ4v) is 2.76. The quantitative estimate of drug-likeness (QED) is 0.921. The third-order valence-corrected chi connectivity index (χ3v) is 3.66. The van der Waals surface area contributed by atoms with Crippen molar-refractivity contribution in [1.82, 2.24) is 25.1 Å². The average Bonchev–Trinajstić information content (AvgIpc) is 2.97. The van der Waals surface area contributed by atoms with Gasteiger partial charge in [0.1, 0.15) is 5.82 Å². The lowest BCUT2D eigenvalue weighted by Gasteiger charge is -2.15. The molecular weight excluding hydrogens is 294 g/mol. The standard InChI is InChI=1S/C12H14BrN5/c1-8-16-17-12(9-4-10(13)6-15-5-9)18(8)11-2-3-14-7-11/h4-6,11,14H,2-3,7H2,1H3. The summed E-state index contributed by atoms with van der Waals surface area (Å²) in [6.45, 7) is 4.03. The van der Waals surface area contributed by atoms with Gasteiger partial charge < -0.3 is 9.88 Å². The maximum atomic E-state index is 4.30. The normalized spacial score (nSPS) is 19.3. The first-order valence-corrected chi connectivity index (χ1v) is 6.78. The summed E-state index contributed by atoms with van der Waals surface area (Å²) in [5, 5.41) is 11.9. The summed E-state index contributed by atoms with van der Waals surface area (Å²) in [6, 6.07) is 2.46. The second-order valence-corrected chi connectivity index (χ2v) is 5.39. The van der Waals surface area contributed by atoms with Crippen molar-refractivity contribution in [3.63, 3.8) is 0 Å². The fourth-order valence-electron chi connectivity index (χ4n) is 2.40. The zero-order chi connectivity index (χ0) is 12.5. The van der Waals surface area contributed by atoms with Gasteiger partial charge in [0.25, 0.3) is 0 Å². The molecule has 1 atom stereocenters. The molecule has 0 saturated carbocycles. The van der Waals surface area contributed by atoms with E-state index in [1.54, 1.807) is 6.20 Å². The van der Waals surface area contributed by atoms with Crippen LogP contribution in [0.4, 0.5) is 0 Å². The molecule has 5 nitrogen and oxygen atoms in total. The Morgan fingerprint density at radius 3 is 3.00 bits per heavy atom. The van der Waals surface area contributed by atoms with E-state index in [0.717, 1.165) is 41.2 Å². The lowest BCUT2D eigenvalue weighted by atomic mass is 10.2. The Morgan fingerprint density at radius 2 is 2.28 bits per heavy atom. The minimum atomic E-state index is 0.439. The maximum absolute atomic E-state index is 4.30. The minimum Gasteiger partial charge on any atom is -0.315 e. The van der Waals surface area contributed by atoms with Gasteiger partial charge in [-0.3, -0.25) is 4.98 Å². The molecule has 6 heteroatoms. The number of pyridine rings is 1. The van der Waals surface area contributed by atoms with Crippen molar-refractivity contribution in [3.05, 3.63) is 28.8 Å². The highest BCUT2D eigenvalue weighted by atomic mass is 79.9. The Morgan fingerprint density at radius 1 is 1.39 bits per heavy atom. The molecule has 0 aromatic carbocycles. The zero-order valence-electron chi connectivity index (χ0n) is 10.1. The first-order valence-electron chi connectivity index (χ1n) is 5.99. The molecule has 2 aromatic heterocycles. The van der Waals surface area contributed by atoms with Crippen molar-refractivity contribution >= 4 is 15.9 Å². The Bertz CT molecular complexity index is 559. The molecule has 1 aliphatic heterocycles. The molecule has 0 amide bonds. The smallest absolute Gasteiger partial charge is 0.165 e. The van der Waals surface area contributed by atoms with Crippen LogP contribution in [0, 0.1) is 6.92 Å². The second kappa shape index (κ2) is 4.78. The second-order valence-electron chi connectivity index (χ2n) is 4.48. The Kier molecular flexibility index (Phi) is 3.13. The molecule has 2 aromatic rings. The molecule has 1 unspecified atom stereocenters. The molecule has 1 fully saturated rings. The molecule has 18 heavy (non-hydrogen) atoms. The summed E-state index contributed by atoms with van der Waals surface area (Å²) in [7, 11) is 0. The van der Waals surface area contributed by atoms with Crippen LogP contribution in [-0.2, 0) is 0 Å². The molecular formula is C12H14BrN5. The Hall–Kier alpha value is -1.27. The van der Waals surface area contributed by atoms with E-state index in [2.05, 4.69) is 41.0 Å². The third-order valence-electron chi connectivity index (χ3n) is 3.23. The van der Waals surface area contributed by atoms with E-state index in [9.17, 15) is 0 Å². The molecule has 0 radical (unpaired) electrons. The molecule has 1 saturated heterocycles. The SMILES string of the molecule is Cc1nnc(-c2cncc(Br)c2)n1C1CCNC1. The largest absolute Gasteiger partial charge is 0.315 e. The molecule has 1 N–H and O–H groups in total. The topological polar surface area (TPSA) is 55.6 Å². The van der Waals surface area contributed by atoms with Crippen molar-refractivity contribution in [2.45, 2.75) is 19.4 Å². The first-order chi connectivity index (χ1) is 8.75. The summed E-state index contributed by atoms with van der Waals surface area (Å²) < 4.78 is 3.17. The van der Waals surface area contributed by atoms with Crippen LogP contribution in [0.1, 0.15) is 18.3 Å². The van der Waals surface area contributed by atoms with Gasteiger partial charge in [0.2, 0.25) is 0 Å². The van der Waals surface area contributed by atoms with Gasteiger partial charge in [-0.25, -0.2) is 0 Å². The number of rotatable bonds is 2. The van der Waals surface area contributed by atoms with Crippen molar-refractivity contribution in [2.75, 3.05) is 13.1 Å². The predicted octanol–water partition coefficient (Wildman–Crippen LogP) is 1.95. The molecule has 94 valence electrons. The van der Waals surface area contributed by atoms with Crippen molar-refractivity contribution in [2.24, 2.45) is 0 Å². The van der Waals surface area contributed by atoms with Crippen LogP contribution in [0.25, 0.3) is 11.4 Å². The number of halogens is 1. The van der Waals surface area contributed by atoms with Gasteiger partial charge in [0, 0.05) is 29.0 Å². The van der Waals surface area contributed by atoms with Gasteiger partial charge in [-0.05, 0) is 41.9 Å². The van der Waals surface area contributed by atoms with E-state index < -0.39 is 0 Å². The van der Waals surface area contributed by atoms with Crippen LogP contribution in [0.2, 0.25) is 0 Å². The van der Waals surface area contributed by atoms with Gasteiger partial charge in [0.15, 0.2) is 5.82 Å². The number of hydrogen-bond acceptors (Lipinski definition) is 4. The van der Waals surface area contributed by atoms with Crippen LogP contribution in [0.3, 0.4) is 0 Å². The van der Waals surface area contributed by atoms with E-state index in [1.165, 1.54) is 0 Å². The van der Waals surface area contributed by atoms with Crippen LogP contribution >= 0.6 is 15.9 Å². The molecule has 0 bridgehead atoms. The van der Waals surface area contributed by atoms with Gasteiger partial charge in [-0.1, -0.05) is 0 Å². The summed E-state index contributed by atoms with van der Waals surface area (Å²) >= 11 is 3.44. The minimum absolute atomic E-state index is 0.439. The van der Waals surface area contributed by atoms with Crippen LogP contribution in [0.5, 0.6) is 0 Å². The number of nitrogens with one attached hydrogen (secondary N) is 1. The van der Waals surface area contributed by atoms with E-state index in [-0.39, 0.29) is 0 Å². The first kappa shape index (κ1) is 11.8. The fraction of sp³-hybridized carbons (Fsp3) is 0.417. The Balaban J connectivity index is 2.07. The van der Waals surface area contributed by atoms with Crippen molar-refractivity contribution < 1.29 is 0 Å². The van der Waals surface area contributed by atoms with Gasteiger partial charge in [0.05, 0.1) is 6.04 Å². The highest BCUT2D eigenvalue weighted by Crippen LogP contribution is 2.26. The molecule has 0 aliphatic carbocycles. The monoisotopic (exact) mass is 307 g/mol. The molecule has 1 aliphatic rings. The summed E-state index contributed by atoms with van der Waals surface area (Å²) in [4.78, 5) is 4.19. The van der Waals surface area contributed by atoms with E-state index in [1.807, 2.05) is 19.2 Å². The number of nitrogens with zero attached hydrogens (tertiary/aromatic N) is 4. The maximum Gasteiger partial charge on any atom is 0.165 e. The van der Waals surface area contributed by atoms with Crippen LogP contribution < -0.4 is 5.32 Å².